The molecule has 0 fully saturated rings. The second kappa shape index (κ2) is 7.21. The number of hydrogen-bond acceptors (Lipinski definition) is 3. The highest BCUT2D eigenvalue weighted by molar-refractivity contribution is 14.1. The Balaban J connectivity index is 2.05. The maximum atomic E-state index is 11.9. The lowest BCUT2D eigenvalue weighted by Gasteiger charge is -2.03. The Bertz CT molecular complexity index is 674. The molecular weight excluding hydrogens is 494 g/mol. The molecule has 0 aliphatic carbocycles. The summed E-state index contributed by atoms with van der Waals surface area (Å²) in [5.41, 5.74) is 4.96. The minimum atomic E-state index is -0.255. The molecule has 0 saturated carbocycles. The fourth-order valence-electron chi connectivity index (χ4n) is 1.59. The first-order valence-electron chi connectivity index (χ1n) is 6.05. The van der Waals surface area contributed by atoms with Crippen molar-refractivity contribution in [3.8, 4) is 5.75 Å². The molecule has 0 aliphatic rings. The zero-order valence-corrected chi connectivity index (χ0v) is 15.4. The lowest BCUT2D eigenvalue weighted by atomic mass is 10.1. The van der Waals surface area contributed by atoms with E-state index in [1.165, 1.54) is 0 Å². The van der Waals surface area contributed by atoms with Crippen molar-refractivity contribution < 1.29 is 9.90 Å². The van der Waals surface area contributed by atoms with Gasteiger partial charge in [-0.2, -0.15) is 5.10 Å². The summed E-state index contributed by atoms with van der Waals surface area (Å²) in [5.74, 6) is 0.00598. The van der Waals surface area contributed by atoms with Crippen LogP contribution >= 0.6 is 45.2 Å². The fourth-order valence-corrected chi connectivity index (χ4v) is 3.41. The van der Waals surface area contributed by atoms with Crippen molar-refractivity contribution in [3.63, 3.8) is 0 Å². The van der Waals surface area contributed by atoms with Crippen LogP contribution in [-0.2, 0) is 0 Å². The summed E-state index contributed by atoms with van der Waals surface area (Å²) >= 11 is 4.10. The number of rotatable bonds is 3. The number of carbonyl (C=O) groups excluding carboxylic acids is 1. The summed E-state index contributed by atoms with van der Waals surface area (Å²) in [6.07, 6.45) is 1.55. The van der Waals surface area contributed by atoms with Crippen molar-refractivity contribution in [2.45, 2.75) is 6.92 Å². The smallest absolute Gasteiger partial charge is 0.271 e. The molecule has 0 atom stereocenters. The number of nitrogens with zero attached hydrogens (tertiary/aromatic N) is 1. The van der Waals surface area contributed by atoms with Crippen molar-refractivity contribution in [2.75, 3.05) is 0 Å². The summed E-state index contributed by atoms with van der Waals surface area (Å²) in [4.78, 5) is 11.9. The van der Waals surface area contributed by atoms with E-state index in [0.717, 1.165) is 18.3 Å². The van der Waals surface area contributed by atoms with Crippen LogP contribution in [0, 0.1) is 14.1 Å². The van der Waals surface area contributed by atoms with E-state index in [4.69, 9.17) is 0 Å². The number of halogens is 2. The zero-order chi connectivity index (χ0) is 15.4. The molecule has 2 N–H and O–H groups in total. The predicted octanol–water partition coefficient (Wildman–Crippen LogP) is 3.67. The third-order valence-electron chi connectivity index (χ3n) is 2.73. The van der Waals surface area contributed by atoms with Gasteiger partial charge in [0.15, 0.2) is 0 Å². The maximum absolute atomic E-state index is 11.9. The Morgan fingerprint density at radius 1 is 1.19 bits per heavy atom. The van der Waals surface area contributed by atoms with E-state index in [1.807, 2.05) is 64.2 Å². The van der Waals surface area contributed by atoms with Gasteiger partial charge in [0, 0.05) is 5.56 Å². The molecule has 0 unspecified atom stereocenters. The average Bonchev–Trinajstić information content (AvgIpc) is 2.45. The van der Waals surface area contributed by atoms with Crippen LogP contribution in [0.1, 0.15) is 21.5 Å². The molecule has 0 spiro atoms. The summed E-state index contributed by atoms with van der Waals surface area (Å²) < 4.78 is 1.48. The van der Waals surface area contributed by atoms with E-state index in [1.54, 1.807) is 30.5 Å². The van der Waals surface area contributed by atoms with Crippen LogP contribution in [0.5, 0.6) is 5.75 Å². The van der Waals surface area contributed by atoms with Crippen LogP contribution in [0.3, 0.4) is 0 Å². The van der Waals surface area contributed by atoms with E-state index in [9.17, 15) is 9.90 Å². The summed E-state index contributed by atoms with van der Waals surface area (Å²) in [5, 5.41) is 13.6. The lowest BCUT2D eigenvalue weighted by Crippen LogP contribution is -2.17. The topological polar surface area (TPSA) is 61.7 Å². The first kappa shape index (κ1) is 16.2. The van der Waals surface area contributed by atoms with Crippen LogP contribution in [0.25, 0.3) is 0 Å². The number of aromatic hydroxyl groups is 1. The van der Waals surface area contributed by atoms with Gasteiger partial charge in [-0.05, 0) is 81.9 Å². The highest BCUT2D eigenvalue weighted by Gasteiger charge is 2.05. The van der Waals surface area contributed by atoms with E-state index in [0.29, 0.717) is 5.56 Å². The molecule has 6 heteroatoms. The van der Waals surface area contributed by atoms with Gasteiger partial charge in [0.1, 0.15) is 5.75 Å². The third kappa shape index (κ3) is 4.40. The molecule has 0 heterocycles. The predicted molar refractivity (Wildman–Crippen MR) is 99.8 cm³/mol. The molecular formula is C15H12I2N2O2. The van der Waals surface area contributed by atoms with Gasteiger partial charge in [0.2, 0.25) is 0 Å². The highest BCUT2D eigenvalue weighted by Crippen LogP contribution is 2.26. The van der Waals surface area contributed by atoms with Gasteiger partial charge in [-0.1, -0.05) is 17.7 Å². The third-order valence-corrected chi connectivity index (χ3v) is 4.38. The average molecular weight is 506 g/mol. The van der Waals surface area contributed by atoms with Gasteiger partial charge >= 0.3 is 0 Å². The van der Waals surface area contributed by atoms with E-state index < -0.39 is 0 Å². The largest absolute Gasteiger partial charge is 0.506 e. The van der Waals surface area contributed by atoms with Crippen LogP contribution in [0.2, 0.25) is 0 Å². The molecule has 0 bridgehead atoms. The number of phenols is 1. The molecule has 21 heavy (non-hydrogen) atoms. The first-order valence-corrected chi connectivity index (χ1v) is 8.21. The zero-order valence-electron chi connectivity index (χ0n) is 11.1. The number of hydrogen-bond donors (Lipinski definition) is 2. The fraction of sp³-hybridized carbons (Fsp3) is 0.0667. The minimum Gasteiger partial charge on any atom is -0.506 e. The Morgan fingerprint density at radius 2 is 1.76 bits per heavy atom. The quantitative estimate of drug-likeness (QED) is 0.380. The molecule has 2 rings (SSSR count). The second-order valence-electron chi connectivity index (χ2n) is 4.40. The summed E-state index contributed by atoms with van der Waals surface area (Å²) in [7, 11) is 0. The van der Waals surface area contributed by atoms with E-state index >= 15 is 0 Å². The molecule has 0 aliphatic heterocycles. The number of carbonyl (C=O) groups is 1. The molecule has 0 aromatic heterocycles. The number of benzene rings is 2. The first-order chi connectivity index (χ1) is 9.97. The maximum Gasteiger partial charge on any atom is 0.271 e. The molecule has 2 aromatic rings. The summed E-state index contributed by atoms with van der Waals surface area (Å²) in [6, 6.07) is 10.9. The standard InChI is InChI=1S/C15H12I2N2O2/c1-9-2-4-11(5-3-9)15(21)19-18-8-10-6-12(16)14(20)13(17)7-10/h2-8,20H,1H3,(H,19,21)/b18-8-. The van der Waals surface area contributed by atoms with Crippen LogP contribution in [-0.4, -0.2) is 17.2 Å². The van der Waals surface area contributed by atoms with Crippen molar-refractivity contribution in [1.82, 2.24) is 5.43 Å². The van der Waals surface area contributed by atoms with Crippen molar-refractivity contribution in [3.05, 3.63) is 60.2 Å². The number of phenolic OH excluding ortho intramolecular Hbond substituents is 1. The molecule has 108 valence electrons. The molecule has 0 saturated heterocycles. The van der Waals surface area contributed by atoms with Gasteiger partial charge in [0.05, 0.1) is 13.4 Å². The SMILES string of the molecule is Cc1ccc(C(=O)N/N=C\c2cc(I)c(O)c(I)c2)cc1. The second-order valence-corrected chi connectivity index (χ2v) is 6.72. The van der Waals surface area contributed by atoms with Gasteiger partial charge < -0.3 is 5.11 Å². The van der Waals surface area contributed by atoms with E-state index in [-0.39, 0.29) is 11.7 Å². The molecule has 1 amide bonds. The molecule has 0 radical (unpaired) electrons. The summed E-state index contributed by atoms with van der Waals surface area (Å²) in [6.45, 7) is 1.97. The Morgan fingerprint density at radius 3 is 2.33 bits per heavy atom. The number of nitrogens with one attached hydrogen (secondary N) is 1. The Hall–Kier alpha value is -1.16. The number of hydrazone groups is 1. The highest BCUT2D eigenvalue weighted by atomic mass is 127. The van der Waals surface area contributed by atoms with Gasteiger partial charge in [0.25, 0.3) is 5.91 Å². The molecule has 2 aromatic carbocycles. The monoisotopic (exact) mass is 506 g/mol. The van der Waals surface area contributed by atoms with Crippen molar-refractivity contribution >= 4 is 57.3 Å². The normalized spacial score (nSPS) is 10.8. The van der Waals surface area contributed by atoms with Crippen molar-refractivity contribution in [1.29, 1.82) is 0 Å². The number of amides is 1. The van der Waals surface area contributed by atoms with Crippen molar-refractivity contribution in [2.24, 2.45) is 5.10 Å². The van der Waals surface area contributed by atoms with Gasteiger partial charge in [-0.3, -0.25) is 4.79 Å². The minimum absolute atomic E-state index is 0.255. The van der Waals surface area contributed by atoms with Gasteiger partial charge in [-0.25, -0.2) is 5.43 Å². The van der Waals surface area contributed by atoms with Crippen LogP contribution in [0.4, 0.5) is 0 Å². The Labute approximate surface area is 149 Å². The van der Waals surface area contributed by atoms with Gasteiger partial charge in [-0.15, -0.1) is 0 Å². The van der Waals surface area contributed by atoms with Crippen LogP contribution in [0.15, 0.2) is 41.5 Å². The molecule has 4 nitrogen and oxygen atoms in total. The Kier molecular flexibility index (Phi) is 5.57. The lowest BCUT2D eigenvalue weighted by molar-refractivity contribution is 0.0955. The van der Waals surface area contributed by atoms with Crippen LogP contribution < -0.4 is 5.43 Å². The number of aryl methyl sites for hydroxylation is 1. The van der Waals surface area contributed by atoms with E-state index in [2.05, 4.69) is 10.5 Å².